The molecule has 7 heteroatoms. The normalized spacial score (nSPS) is 17.6. The Hall–Kier alpha value is -3.29. The van der Waals surface area contributed by atoms with E-state index in [4.69, 9.17) is 21.4 Å². The quantitative estimate of drug-likeness (QED) is 0.306. The molecular weight excluding hydrogens is 462 g/mol. The summed E-state index contributed by atoms with van der Waals surface area (Å²) in [5, 5.41) is 5.01. The molecule has 0 bridgehead atoms. The predicted octanol–water partition coefficient (Wildman–Crippen LogP) is 6.32. The van der Waals surface area contributed by atoms with E-state index >= 15 is 0 Å². The summed E-state index contributed by atoms with van der Waals surface area (Å²) < 4.78 is 11.7. The third kappa shape index (κ3) is 4.81. The maximum atomic E-state index is 6.38. The molecule has 172 valence electrons. The van der Waals surface area contributed by atoms with E-state index in [0.29, 0.717) is 11.7 Å². The van der Waals surface area contributed by atoms with Gasteiger partial charge in [-0.15, -0.1) is 0 Å². The lowest BCUT2D eigenvalue weighted by molar-refractivity contribution is 0.254. The molecule has 0 spiro atoms. The highest BCUT2D eigenvalue weighted by atomic mass is 32.2. The standard InChI is InChI=1S/C27H25N3O2S2/c1-18-6-12-21(13-7-18)34-24-15-14-23(32-24)26-25(22-5-3-4-16-28-22)29-27(33)30(26)17-19-8-10-20(31-2)11-9-19/h3-16,25-26H,17H2,1-2H3,(H,29,33)/t25-,26+/m0/s1. The number of pyridine rings is 1. The molecule has 0 unspecified atom stereocenters. The molecule has 0 aliphatic carbocycles. The Morgan fingerprint density at radius 1 is 1.03 bits per heavy atom. The highest BCUT2D eigenvalue weighted by Crippen LogP contribution is 2.42. The van der Waals surface area contributed by atoms with Gasteiger partial charge in [0.05, 0.1) is 18.8 Å². The molecule has 5 nitrogen and oxygen atoms in total. The second-order valence-corrected chi connectivity index (χ2v) is 9.64. The summed E-state index contributed by atoms with van der Waals surface area (Å²) in [5.41, 5.74) is 3.30. The molecule has 2 aromatic carbocycles. The average molecular weight is 488 g/mol. The summed E-state index contributed by atoms with van der Waals surface area (Å²) in [6.07, 6.45) is 1.81. The number of ether oxygens (including phenoxy) is 1. The molecule has 1 aliphatic rings. The van der Waals surface area contributed by atoms with Crippen LogP contribution >= 0.6 is 24.0 Å². The predicted molar refractivity (Wildman–Crippen MR) is 138 cm³/mol. The Kier molecular flexibility index (Phi) is 6.56. The van der Waals surface area contributed by atoms with Crippen molar-refractivity contribution in [2.24, 2.45) is 0 Å². The zero-order chi connectivity index (χ0) is 23.5. The molecule has 3 heterocycles. The number of hydrogen-bond acceptors (Lipinski definition) is 5. The Labute approximate surface area is 209 Å². The first-order valence-electron chi connectivity index (χ1n) is 11.1. The van der Waals surface area contributed by atoms with Crippen molar-refractivity contribution in [2.45, 2.75) is 35.5 Å². The number of nitrogens with one attached hydrogen (secondary N) is 1. The summed E-state index contributed by atoms with van der Waals surface area (Å²) in [7, 11) is 1.67. The molecule has 0 saturated carbocycles. The average Bonchev–Trinajstić information content (AvgIpc) is 3.45. The van der Waals surface area contributed by atoms with Crippen LogP contribution in [0.5, 0.6) is 5.75 Å². The lowest BCUT2D eigenvalue weighted by Crippen LogP contribution is -2.29. The molecular formula is C27H25N3O2S2. The second kappa shape index (κ2) is 9.91. The SMILES string of the molecule is COc1ccc(CN2C(=S)N[C@@H](c3ccccn3)[C@H]2c2ccc(Sc3ccc(C)cc3)o2)cc1. The molecule has 5 rings (SSSR count). The second-order valence-electron chi connectivity index (χ2n) is 8.17. The molecule has 1 fully saturated rings. The van der Waals surface area contributed by atoms with Crippen LogP contribution in [0.25, 0.3) is 0 Å². The van der Waals surface area contributed by atoms with E-state index in [-0.39, 0.29) is 12.1 Å². The van der Waals surface area contributed by atoms with Gasteiger partial charge in [-0.25, -0.2) is 0 Å². The highest BCUT2D eigenvalue weighted by molar-refractivity contribution is 7.99. The van der Waals surface area contributed by atoms with Gasteiger partial charge < -0.3 is 19.4 Å². The monoisotopic (exact) mass is 487 g/mol. The smallest absolute Gasteiger partial charge is 0.170 e. The van der Waals surface area contributed by atoms with Crippen molar-refractivity contribution in [3.05, 3.63) is 108 Å². The van der Waals surface area contributed by atoms with Crippen LogP contribution in [0.3, 0.4) is 0 Å². The summed E-state index contributed by atoms with van der Waals surface area (Å²) >= 11 is 7.40. The van der Waals surface area contributed by atoms with Crippen molar-refractivity contribution < 1.29 is 9.15 Å². The number of benzene rings is 2. The molecule has 2 atom stereocenters. The van der Waals surface area contributed by atoms with Crippen LogP contribution in [0.15, 0.2) is 99.5 Å². The van der Waals surface area contributed by atoms with Gasteiger partial charge in [-0.05, 0) is 73.2 Å². The summed E-state index contributed by atoms with van der Waals surface area (Å²) in [6, 6.07) is 26.3. The fourth-order valence-corrected chi connectivity index (χ4v) is 5.17. The molecule has 1 saturated heterocycles. The maximum absolute atomic E-state index is 6.38. The van der Waals surface area contributed by atoms with E-state index in [2.05, 4.69) is 58.5 Å². The van der Waals surface area contributed by atoms with Crippen LogP contribution in [0.2, 0.25) is 0 Å². The van der Waals surface area contributed by atoms with E-state index in [0.717, 1.165) is 32.8 Å². The number of hydrogen-bond donors (Lipinski definition) is 1. The Morgan fingerprint density at radius 3 is 2.53 bits per heavy atom. The van der Waals surface area contributed by atoms with Gasteiger partial charge in [-0.3, -0.25) is 4.98 Å². The van der Waals surface area contributed by atoms with Crippen LogP contribution < -0.4 is 10.1 Å². The molecule has 1 aliphatic heterocycles. The third-order valence-corrected chi connectivity index (χ3v) is 7.12. The zero-order valence-corrected chi connectivity index (χ0v) is 20.6. The fraction of sp³-hybridized carbons (Fsp3) is 0.185. The van der Waals surface area contributed by atoms with Crippen molar-refractivity contribution in [2.75, 3.05) is 7.11 Å². The van der Waals surface area contributed by atoms with E-state index in [1.54, 1.807) is 18.9 Å². The molecule has 1 N–H and O–H groups in total. The fourth-order valence-electron chi connectivity index (χ4n) is 4.08. The van der Waals surface area contributed by atoms with Crippen LogP contribution in [0, 0.1) is 6.92 Å². The van der Waals surface area contributed by atoms with Gasteiger partial charge in [-0.2, -0.15) is 0 Å². The van der Waals surface area contributed by atoms with Gasteiger partial charge in [0.1, 0.15) is 17.6 Å². The lowest BCUT2D eigenvalue weighted by atomic mass is 10.0. The zero-order valence-electron chi connectivity index (χ0n) is 19.0. The minimum atomic E-state index is -0.128. The first-order valence-corrected chi connectivity index (χ1v) is 12.3. The number of aryl methyl sites for hydroxylation is 1. The largest absolute Gasteiger partial charge is 0.497 e. The molecule has 2 aromatic heterocycles. The number of rotatable bonds is 7. The minimum absolute atomic E-state index is 0.115. The van der Waals surface area contributed by atoms with Gasteiger partial charge >= 0.3 is 0 Å². The lowest BCUT2D eigenvalue weighted by Gasteiger charge is -2.26. The summed E-state index contributed by atoms with van der Waals surface area (Å²) in [5.74, 6) is 1.68. The number of methoxy groups -OCH3 is 1. The minimum Gasteiger partial charge on any atom is -0.497 e. The molecule has 34 heavy (non-hydrogen) atoms. The van der Waals surface area contributed by atoms with Gasteiger partial charge in [-0.1, -0.05) is 47.7 Å². The third-order valence-electron chi connectivity index (χ3n) is 5.84. The number of furan rings is 1. The topological polar surface area (TPSA) is 50.5 Å². The highest BCUT2D eigenvalue weighted by Gasteiger charge is 2.41. The number of aromatic nitrogens is 1. The van der Waals surface area contributed by atoms with Crippen molar-refractivity contribution in [3.63, 3.8) is 0 Å². The maximum Gasteiger partial charge on any atom is 0.170 e. The van der Waals surface area contributed by atoms with E-state index in [1.807, 2.05) is 48.7 Å². The Balaban J connectivity index is 1.45. The van der Waals surface area contributed by atoms with Crippen LogP contribution in [0.4, 0.5) is 0 Å². The Bertz CT molecular complexity index is 1260. The van der Waals surface area contributed by atoms with Gasteiger partial charge in [0.25, 0.3) is 0 Å². The van der Waals surface area contributed by atoms with E-state index in [9.17, 15) is 0 Å². The van der Waals surface area contributed by atoms with Crippen molar-refractivity contribution >= 4 is 29.1 Å². The van der Waals surface area contributed by atoms with Crippen LogP contribution in [0.1, 0.15) is 34.7 Å². The van der Waals surface area contributed by atoms with Crippen molar-refractivity contribution in [3.8, 4) is 5.75 Å². The molecule has 0 amide bonds. The number of nitrogens with zero attached hydrogens (tertiary/aromatic N) is 2. The van der Waals surface area contributed by atoms with Gasteiger partial charge in [0.15, 0.2) is 10.2 Å². The van der Waals surface area contributed by atoms with Crippen molar-refractivity contribution in [1.29, 1.82) is 0 Å². The first-order chi connectivity index (χ1) is 16.6. The van der Waals surface area contributed by atoms with E-state index < -0.39 is 0 Å². The molecule has 4 aromatic rings. The first kappa shape index (κ1) is 22.5. The van der Waals surface area contributed by atoms with E-state index in [1.165, 1.54) is 5.56 Å². The van der Waals surface area contributed by atoms with Gasteiger partial charge in [0, 0.05) is 17.6 Å². The van der Waals surface area contributed by atoms with Crippen LogP contribution in [-0.2, 0) is 6.54 Å². The van der Waals surface area contributed by atoms with Crippen LogP contribution in [-0.4, -0.2) is 22.1 Å². The summed E-state index contributed by atoms with van der Waals surface area (Å²) in [6.45, 7) is 2.73. The van der Waals surface area contributed by atoms with Gasteiger partial charge in [0.2, 0.25) is 0 Å². The Morgan fingerprint density at radius 2 is 1.82 bits per heavy atom. The number of thiocarbonyl (C=S) groups is 1. The summed E-state index contributed by atoms with van der Waals surface area (Å²) in [4.78, 5) is 7.92. The van der Waals surface area contributed by atoms with Crippen molar-refractivity contribution in [1.82, 2.24) is 15.2 Å². The molecule has 0 radical (unpaired) electrons.